The summed E-state index contributed by atoms with van der Waals surface area (Å²) in [6.45, 7) is 2.80. The van der Waals surface area contributed by atoms with Gasteiger partial charge in [0.05, 0.1) is 7.11 Å². The van der Waals surface area contributed by atoms with Gasteiger partial charge in [-0.25, -0.2) is 0 Å². The van der Waals surface area contributed by atoms with Gasteiger partial charge in [-0.3, -0.25) is 4.79 Å². The third-order valence-electron chi connectivity index (χ3n) is 1.94. The molecule has 1 saturated heterocycles. The van der Waals surface area contributed by atoms with Gasteiger partial charge in [-0.1, -0.05) is 11.6 Å². The molecule has 1 rings (SSSR count). The highest BCUT2D eigenvalue weighted by atomic mass is 16.5. The van der Waals surface area contributed by atoms with E-state index in [0.717, 1.165) is 13.0 Å². The molecule has 0 spiro atoms. The Morgan fingerprint density at radius 2 is 2.55 bits per heavy atom. The van der Waals surface area contributed by atoms with Crippen LogP contribution in [-0.4, -0.2) is 25.7 Å². The van der Waals surface area contributed by atoms with Crippen LogP contribution in [0, 0.1) is 0 Å². The number of ether oxygens (including phenoxy) is 1. The number of nitrogens with one attached hydrogen (secondary N) is 1. The first-order chi connectivity index (χ1) is 5.27. The van der Waals surface area contributed by atoms with Crippen LogP contribution < -0.4 is 5.32 Å². The van der Waals surface area contributed by atoms with Crippen molar-refractivity contribution in [2.75, 3.05) is 13.7 Å². The Morgan fingerprint density at radius 1 is 1.82 bits per heavy atom. The van der Waals surface area contributed by atoms with Gasteiger partial charge in [-0.15, -0.1) is 0 Å². The van der Waals surface area contributed by atoms with Gasteiger partial charge >= 0.3 is 5.97 Å². The van der Waals surface area contributed by atoms with Crippen LogP contribution in [0.5, 0.6) is 0 Å². The molecule has 1 fully saturated rings. The van der Waals surface area contributed by atoms with Crippen LogP contribution in [0.3, 0.4) is 0 Å². The molecule has 0 unspecified atom stereocenters. The van der Waals surface area contributed by atoms with Crippen LogP contribution in [0.15, 0.2) is 11.6 Å². The highest BCUT2D eigenvalue weighted by Gasteiger charge is 2.24. The fraction of sp³-hybridized carbons (Fsp3) is 0.625. The Bertz CT molecular complexity index is 187. The van der Waals surface area contributed by atoms with Gasteiger partial charge in [0.1, 0.15) is 6.04 Å². The Kier molecular flexibility index (Phi) is 2.65. The van der Waals surface area contributed by atoms with Gasteiger partial charge in [0.2, 0.25) is 0 Å². The van der Waals surface area contributed by atoms with Crippen molar-refractivity contribution < 1.29 is 9.53 Å². The molecule has 1 atom stereocenters. The van der Waals surface area contributed by atoms with E-state index in [0.29, 0.717) is 0 Å². The Balaban J connectivity index is 2.48. The molecule has 1 heterocycles. The van der Waals surface area contributed by atoms with Crippen LogP contribution in [-0.2, 0) is 9.53 Å². The van der Waals surface area contributed by atoms with Crippen LogP contribution in [0.4, 0.5) is 0 Å². The Morgan fingerprint density at radius 3 is 3.00 bits per heavy atom. The molecule has 62 valence electrons. The number of allylic oxidation sites excluding steroid dienone is 1. The second-order valence-corrected chi connectivity index (χ2v) is 2.61. The average Bonchev–Trinajstić information content (AvgIpc) is 2.50. The molecule has 0 radical (unpaired) electrons. The molecule has 1 aliphatic heterocycles. The van der Waals surface area contributed by atoms with E-state index in [-0.39, 0.29) is 12.0 Å². The molecular weight excluding hydrogens is 142 g/mol. The molecule has 1 N–H and O–H groups in total. The third-order valence-corrected chi connectivity index (χ3v) is 1.94. The van der Waals surface area contributed by atoms with Crippen molar-refractivity contribution in [2.45, 2.75) is 19.4 Å². The highest BCUT2D eigenvalue weighted by Crippen LogP contribution is 2.12. The zero-order valence-electron chi connectivity index (χ0n) is 6.89. The number of carbonyl (C=O) groups excluding carboxylic acids is 1. The number of methoxy groups -OCH3 is 1. The van der Waals surface area contributed by atoms with Gasteiger partial charge in [-0.2, -0.15) is 0 Å². The van der Waals surface area contributed by atoms with Crippen LogP contribution in [0.2, 0.25) is 0 Å². The summed E-state index contributed by atoms with van der Waals surface area (Å²) in [7, 11) is 1.41. The summed E-state index contributed by atoms with van der Waals surface area (Å²) in [6.07, 6.45) is 2.83. The maximum atomic E-state index is 11.0. The van der Waals surface area contributed by atoms with Crippen LogP contribution in [0.25, 0.3) is 0 Å². The van der Waals surface area contributed by atoms with E-state index in [4.69, 9.17) is 0 Å². The van der Waals surface area contributed by atoms with Crippen molar-refractivity contribution >= 4 is 5.97 Å². The number of carbonyl (C=O) groups is 1. The predicted molar refractivity (Wildman–Crippen MR) is 42.2 cm³/mol. The zero-order chi connectivity index (χ0) is 8.27. The molecule has 0 aromatic carbocycles. The average molecular weight is 155 g/mol. The first-order valence-electron chi connectivity index (χ1n) is 3.73. The lowest BCUT2D eigenvalue weighted by atomic mass is 10.1. The molecule has 11 heavy (non-hydrogen) atoms. The quantitative estimate of drug-likeness (QED) is 0.442. The summed E-state index contributed by atoms with van der Waals surface area (Å²) in [6, 6.07) is -0.119. The van der Waals surface area contributed by atoms with E-state index in [2.05, 4.69) is 10.1 Å². The molecule has 3 heteroatoms. The summed E-state index contributed by atoms with van der Waals surface area (Å²) in [4.78, 5) is 11.0. The summed E-state index contributed by atoms with van der Waals surface area (Å²) < 4.78 is 4.60. The monoisotopic (exact) mass is 155 g/mol. The molecule has 0 aliphatic carbocycles. The SMILES string of the molecule is C/C=C1/CN[C@H](C(=O)OC)C1. The lowest BCUT2D eigenvalue weighted by molar-refractivity contribution is -0.142. The van der Waals surface area contributed by atoms with Crippen molar-refractivity contribution in [3.63, 3.8) is 0 Å². The molecular formula is C8H13NO2. The molecule has 3 nitrogen and oxygen atoms in total. The summed E-state index contributed by atoms with van der Waals surface area (Å²) in [5.41, 5.74) is 1.28. The first kappa shape index (κ1) is 8.27. The highest BCUT2D eigenvalue weighted by molar-refractivity contribution is 5.76. The van der Waals surface area contributed by atoms with E-state index >= 15 is 0 Å². The zero-order valence-corrected chi connectivity index (χ0v) is 6.89. The Hall–Kier alpha value is -0.830. The largest absolute Gasteiger partial charge is 0.468 e. The van der Waals surface area contributed by atoms with E-state index in [9.17, 15) is 4.79 Å². The molecule has 0 saturated carbocycles. The summed E-state index contributed by atoms with van der Waals surface area (Å²) in [5.74, 6) is -0.165. The van der Waals surface area contributed by atoms with Crippen molar-refractivity contribution in [3.8, 4) is 0 Å². The molecule has 0 aromatic heterocycles. The standard InChI is InChI=1S/C8H13NO2/c1-3-6-4-7(9-5-6)8(10)11-2/h3,7,9H,4-5H2,1-2H3/b6-3+/t7-/m0/s1. The number of hydrogen-bond acceptors (Lipinski definition) is 3. The third kappa shape index (κ3) is 1.80. The van der Waals surface area contributed by atoms with Crippen molar-refractivity contribution in [3.05, 3.63) is 11.6 Å². The van der Waals surface area contributed by atoms with Crippen molar-refractivity contribution in [1.82, 2.24) is 5.32 Å². The van der Waals surface area contributed by atoms with E-state index in [1.54, 1.807) is 0 Å². The molecule has 0 aromatic rings. The lowest BCUT2D eigenvalue weighted by Gasteiger charge is -2.04. The smallest absolute Gasteiger partial charge is 0.323 e. The van der Waals surface area contributed by atoms with Crippen LogP contribution in [0.1, 0.15) is 13.3 Å². The lowest BCUT2D eigenvalue weighted by Crippen LogP contribution is -2.31. The summed E-state index contributed by atoms with van der Waals surface area (Å²) >= 11 is 0. The molecule has 0 bridgehead atoms. The molecule has 1 aliphatic rings. The predicted octanol–water partition coefficient (Wildman–Crippen LogP) is 0.468. The second kappa shape index (κ2) is 3.53. The normalized spacial score (nSPS) is 27.5. The molecule has 0 amide bonds. The van der Waals surface area contributed by atoms with E-state index in [1.165, 1.54) is 12.7 Å². The van der Waals surface area contributed by atoms with Gasteiger partial charge in [0.25, 0.3) is 0 Å². The van der Waals surface area contributed by atoms with Gasteiger partial charge in [0.15, 0.2) is 0 Å². The maximum absolute atomic E-state index is 11.0. The second-order valence-electron chi connectivity index (χ2n) is 2.61. The minimum atomic E-state index is -0.165. The van der Waals surface area contributed by atoms with E-state index < -0.39 is 0 Å². The fourth-order valence-electron chi connectivity index (χ4n) is 1.19. The first-order valence-corrected chi connectivity index (χ1v) is 3.73. The van der Waals surface area contributed by atoms with Gasteiger partial charge < -0.3 is 10.1 Å². The number of rotatable bonds is 1. The minimum absolute atomic E-state index is 0.119. The van der Waals surface area contributed by atoms with E-state index in [1.807, 2.05) is 13.0 Å². The fourth-order valence-corrected chi connectivity index (χ4v) is 1.19. The topological polar surface area (TPSA) is 38.3 Å². The van der Waals surface area contributed by atoms with Crippen molar-refractivity contribution in [2.24, 2.45) is 0 Å². The van der Waals surface area contributed by atoms with Gasteiger partial charge in [0, 0.05) is 6.54 Å². The van der Waals surface area contributed by atoms with Crippen molar-refractivity contribution in [1.29, 1.82) is 0 Å². The summed E-state index contributed by atoms with van der Waals surface area (Å²) in [5, 5.41) is 3.07. The minimum Gasteiger partial charge on any atom is -0.468 e. The van der Waals surface area contributed by atoms with Crippen LogP contribution >= 0.6 is 0 Å². The Labute approximate surface area is 66.4 Å². The number of esters is 1. The maximum Gasteiger partial charge on any atom is 0.323 e. The number of hydrogen-bond donors (Lipinski definition) is 1. The van der Waals surface area contributed by atoms with Gasteiger partial charge in [-0.05, 0) is 13.3 Å².